The van der Waals surface area contributed by atoms with E-state index in [1.165, 1.54) is 12.1 Å². The maximum Gasteiger partial charge on any atom is 0.421 e. The number of carbonyl (C=O) groups is 1. The molecule has 0 bridgehead atoms. The molecule has 1 amide bonds. The number of nitrogens with two attached hydrogens (primary N) is 1. The fourth-order valence-electron chi connectivity index (χ4n) is 0.866. The number of phenolic OH excluding ortho intramolecular Hbond substituents is 1. The van der Waals surface area contributed by atoms with Crippen molar-refractivity contribution in [2.45, 2.75) is 6.54 Å². The van der Waals surface area contributed by atoms with Gasteiger partial charge in [-0.05, 0) is 17.7 Å². The largest absolute Gasteiger partial charge is 0.508 e. The van der Waals surface area contributed by atoms with Gasteiger partial charge in [0.15, 0.2) is 0 Å². The predicted octanol–water partition coefficient (Wildman–Crippen LogP) is 0.746. The summed E-state index contributed by atoms with van der Waals surface area (Å²) in [4.78, 5) is 10.3. The number of carboxylic acid groups (broad SMARTS) is 1. The molecule has 0 unspecified atom stereocenters. The lowest BCUT2D eigenvalue weighted by molar-refractivity contribution is 0.143. The van der Waals surface area contributed by atoms with Crippen molar-refractivity contribution in [3.8, 4) is 5.75 Å². The van der Waals surface area contributed by atoms with Gasteiger partial charge in [-0.2, -0.15) is 0 Å². The van der Waals surface area contributed by atoms with Crippen LogP contribution in [0.1, 0.15) is 5.56 Å². The Kier molecular flexibility index (Phi) is 2.71. The molecule has 13 heavy (non-hydrogen) atoms. The van der Waals surface area contributed by atoms with Gasteiger partial charge >= 0.3 is 6.09 Å². The van der Waals surface area contributed by atoms with Gasteiger partial charge in [0.2, 0.25) is 0 Å². The molecule has 0 heterocycles. The van der Waals surface area contributed by atoms with Gasteiger partial charge in [-0.15, -0.1) is 0 Å². The normalized spacial score (nSPS) is 9.62. The van der Waals surface area contributed by atoms with Crippen LogP contribution in [0, 0.1) is 0 Å². The van der Waals surface area contributed by atoms with Gasteiger partial charge in [0.05, 0.1) is 6.54 Å². The minimum Gasteiger partial charge on any atom is -0.508 e. The molecule has 0 saturated heterocycles. The number of aromatic hydroxyl groups is 1. The minimum absolute atomic E-state index is 0.107. The van der Waals surface area contributed by atoms with Crippen molar-refractivity contribution in [3.63, 3.8) is 0 Å². The number of hydrazine groups is 1. The predicted molar refractivity (Wildman–Crippen MR) is 45.9 cm³/mol. The van der Waals surface area contributed by atoms with Crippen molar-refractivity contribution in [2.24, 2.45) is 5.84 Å². The summed E-state index contributed by atoms with van der Waals surface area (Å²) in [5.41, 5.74) is 0.725. The van der Waals surface area contributed by atoms with E-state index in [4.69, 9.17) is 16.1 Å². The van der Waals surface area contributed by atoms with Gasteiger partial charge < -0.3 is 10.2 Å². The Morgan fingerprint density at radius 3 is 2.38 bits per heavy atom. The lowest BCUT2D eigenvalue weighted by Gasteiger charge is -2.11. The maximum atomic E-state index is 10.3. The van der Waals surface area contributed by atoms with Crippen LogP contribution in [-0.4, -0.2) is 21.3 Å². The highest BCUT2D eigenvalue weighted by Crippen LogP contribution is 2.10. The molecule has 1 aromatic carbocycles. The van der Waals surface area contributed by atoms with E-state index in [2.05, 4.69) is 0 Å². The Morgan fingerprint density at radius 1 is 1.38 bits per heavy atom. The summed E-state index contributed by atoms with van der Waals surface area (Å²) in [6.07, 6.45) is -1.19. The van der Waals surface area contributed by atoms with Gasteiger partial charge in [0.1, 0.15) is 5.75 Å². The minimum atomic E-state index is -1.19. The average molecular weight is 182 g/mol. The van der Waals surface area contributed by atoms with E-state index in [0.717, 1.165) is 5.56 Å². The summed E-state index contributed by atoms with van der Waals surface area (Å²) < 4.78 is 0. The van der Waals surface area contributed by atoms with Gasteiger partial charge in [0.25, 0.3) is 0 Å². The first-order valence-corrected chi connectivity index (χ1v) is 3.62. The van der Waals surface area contributed by atoms with Gasteiger partial charge in [0, 0.05) is 0 Å². The van der Waals surface area contributed by atoms with Crippen LogP contribution in [0.2, 0.25) is 0 Å². The van der Waals surface area contributed by atoms with E-state index in [0.29, 0.717) is 5.01 Å². The SMILES string of the molecule is NN(Cc1ccc(O)cc1)C(=O)O. The first kappa shape index (κ1) is 9.34. The number of phenols is 1. The van der Waals surface area contributed by atoms with Crippen LogP contribution in [0.5, 0.6) is 5.75 Å². The zero-order valence-corrected chi connectivity index (χ0v) is 6.84. The Hall–Kier alpha value is -1.75. The number of amides is 1. The molecule has 0 saturated carbocycles. The first-order valence-electron chi connectivity index (χ1n) is 3.62. The summed E-state index contributed by atoms with van der Waals surface area (Å²) in [5.74, 6) is 5.30. The van der Waals surface area contributed by atoms with Crippen molar-refractivity contribution < 1.29 is 15.0 Å². The summed E-state index contributed by atoms with van der Waals surface area (Å²) in [6, 6.07) is 6.17. The van der Waals surface area contributed by atoms with E-state index >= 15 is 0 Å². The van der Waals surface area contributed by atoms with E-state index in [1.54, 1.807) is 12.1 Å². The number of hydrogen-bond acceptors (Lipinski definition) is 3. The summed E-state index contributed by atoms with van der Waals surface area (Å²) >= 11 is 0. The molecule has 0 aliphatic heterocycles. The average Bonchev–Trinajstić information content (AvgIpc) is 2.08. The molecule has 4 N–H and O–H groups in total. The second-order valence-corrected chi connectivity index (χ2v) is 2.58. The topological polar surface area (TPSA) is 86.8 Å². The molecule has 0 aliphatic carbocycles. The van der Waals surface area contributed by atoms with Crippen LogP contribution in [0.3, 0.4) is 0 Å². The Labute approximate surface area is 75.0 Å². The monoisotopic (exact) mass is 182 g/mol. The second-order valence-electron chi connectivity index (χ2n) is 2.58. The molecule has 1 rings (SSSR count). The number of hydrogen-bond donors (Lipinski definition) is 3. The fraction of sp³-hybridized carbons (Fsp3) is 0.125. The van der Waals surface area contributed by atoms with Crippen molar-refractivity contribution in [1.29, 1.82) is 0 Å². The molecule has 5 heteroatoms. The van der Waals surface area contributed by atoms with Crippen molar-refractivity contribution >= 4 is 6.09 Å². The summed E-state index contributed by atoms with van der Waals surface area (Å²) in [5, 5.41) is 18.1. The van der Waals surface area contributed by atoms with Crippen molar-refractivity contribution in [2.75, 3.05) is 0 Å². The van der Waals surface area contributed by atoms with E-state index < -0.39 is 6.09 Å². The lowest BCUT2D eigenvalue weighted by Crippen LogP contribution is -2.35. The fourth-order valence-corrected chi connectivity index (χ4v) is 0.866. The maximum absolute atomic E-state index is 10.3. The number of benzene rings is 1. The van der Waals surface area contributed by atoms with E-state index in [-0.39, 0.29) is 12.3 Å². The highest BCUT2D eigenvalue weighted by molar-refractivity contribution is 5.64. The molecule has 1 aromatic rings. The third kappa shape index (κ3) is 2.64. The molecule has 0 fully saturated rings. The van der Waals surface area contributed by atoms with E-state index in [9.17, 15) is 4.79 Å². The van der Waals surface area contributed by atoms with Crippen LogP contribution >= 0.6 is 0 Å². The third-order valence-electron chi connectivity index (χ3n) is 1.53. The van der Waals surface area contributed by atoms with Gasteiger partial charge in [-0.3, -0.25) is 0 Å². The van der Waals surface area contributed by atoms with E-state index in [1.807, 2.05) is 0 Å². The highest BCUT2D eigenvalue weighted by atomic mass is 16.4. The van der Waals surface area contributed by atoms with Crippen LogP contribution in [-0.2, 0) is 6.54 Å². The second kappa shape index (κ2) is 3.77. The van der Waals surface area contributed by atoms with Crippen LogP contribution in [0.4, 0.5) is 4.79 Å². The smallest absolute Gasteiger partial charge is 0.421 e. The lowest BCUT2D eigenvalue weighted by atomic mass is 10.2. The van der Waals surface area contributed by atoms with Crippen LogP contribution in [0.15, 0.2) is 24.3 Å². The molecule has 5 nitrogen and oxygen atoms in total. The molecular formula is C8H10N2O3. The zero-order valence-electron chi connectivity index (χ0n) is 6.84. The molecule has 0 aliphatic rings. The summed E-state index contributed by atoms with van der Waals surface area (Å²) in [6.45, 7) is 0.107. The van der Waals surface area contributed by atoms with Crippen molar-refractivity contribution in [1.82, 2.24) is 5.01 Å². The standard InChI is InChI=1S/C8H10N2O3/c9-10(8(12)13)5-6-1-3-7(11)4-2-6/h1-4,11H,5,9H2,(H,12,13). The Bertz CT molecular complexity index is 297. The quantitative estimate of drug-likeness (QED) is 0.357. The number of nitrogens with zero attached hydrogens (tertiary/aromatic N) is 1. The zero-order chi connectivity index (χ0) is 9.84. The Balaban J connectivity index is 2.64. The van der Waals surface area contributed by atoms with Gasteiger partial charge in [-0.1, -0.05) is 12.1 Å². The summed E-state index contributed by atoms with van der Waals surface area (Å²) in [7, 11) is 0. The Morgan fingerprint density at radius 2 is 1.92 bits per heavy atom. The molecule has 70 valence electrons. The molecule has 0 atom stereocenters. The molecule has 0 aromatic heterocycles. The highest BCUT2D eigenvalue weighted by Gasteiger charge is 2.06. The molecule has 0 radical (unpaired) electrons. The first-order chi connectivity index (χ1) is 6.09. The molecular weight excluding hydrogens is 172 g/mol. The third-order valence-corrected chi connectivity index (χ3v) is 1.53. The van der Waals surface area contributed by atoms with Crippen molar-refractivity contribution in [3.05, 3.63) is 29.8 Å². The van der Waals surface area contributed by atoms with Crippen LogP contribution in [0.25, 0.3) is 0 Å². The number of rotatable bonds is 2. The van der Waals surface area contributed by atoms with Crippen LogP contribution < -0.4 is 5.84 Å². The van der Waals surface area contributed by atoms with Gasteiger partial charge in [-0.25, -0.2) is 15.6 Å². The molecule has 0 spiro atoms.